The molecular weight excluding hydrogens is 221 g/mol. The molecule has 0 fully saturated rings. The quantitative estimate of drug-likeness (QED) is 0.344. The van der Waals surface area contributed by atoms with E-state index in [2.05, 4.69) is 10.4 Å². The average Bonchev–Trinajstić information content (AvgIpc) is 2.32. The predicted molar refractivity (Wildman–Crippen MR) is 66.1 cm³/mol. The van der Waals surface area contributed by atoms with Gasteiger partial charge in [-0.3, -0.25) is 11.3 Å². The lowest BCUT2D eigenvalue weighted by Gasteiger charge is -2.06. The van der Waals surface area contributed by atoms with Gasteiger partial charge in [0, 0.05) is 12.8 Å². The second-order valence-electron chi connectivity index (χ2n) is 3.20. The van der Waals surface area contributed by atoms with Gasteiger partial charge in [0.2, 0.25) is 5.88 Å². The largest absolute Gasteiger partial charge is 0.436 e. The molecule has 0 aliphatic carbocycles. The van der Waals surface area contributed by atoms with Gasteiger partial charge in [-0.25, -0.2) is 9.38 Å². The van der Waals surface area contributed by atoms with Crippen LogP contribution in [0.25, 0.3) is 0 Å². The number of benzene rings is 1. The fourth-order valence-corrected chi connectivity index (χ4v) is 1.12. The van der Waals surface area contributed by atoms with Crippen LogP contribution in [0.2, 0.25) is 0 Å². The van der Waals surface area contributed by atoms with E-state index in [0.29, 0.717) is 12.4 Å². The molecule has 0 radical (unpaired) electrons. The third kappa shape index (κ3) is 4.76. The van der Waals surface area contributed by atoms with E-state index in [0.717, 1.165) is 6.42 Å². The van der Waals surface area contributed by atoms with Crippen LogP contribution in [-0.4, -0.2) is 12.8 Å². The molecule has 0 saturated carbocycles. The summed E-state index contributed by atoms with van der Waals surface area (Å²) in [6, 6.07) is 6.19. The molecule has 0 aliphatic rings. The van der Waals surface area contributed by atoms with Crippen molar-refractivity contribution < 1.29 is 9.13 Å². The number of nitrogens with one attached hydrogen (secondary N) is 1. The second-order valence-corrected chi connectivity index (χ2v) is 3.20. The monoisotopic (exact) mass is 237 g/mol. The van der Waals surface area contributed by atoms with E-state index >= 15 is 0 Å². The molecule has 5 heteroatoms. The lowest BCUT2D eigenvalue weighted by molar-refractivity contribution is 0.391. The highest BCUT2D eigenvalue weighted by Crippen LogP contribution is 2.18. The molecule has 0 heterocycles. The van der Waals surface area contributed by atoms with Gasteiger partial charge in [0.1, 0.15) is 0 Å². The van der Waals surface area contributed by atoms with Gasteiger partial charge in [-0.1, -0.05) is 19.1 Å². The molecule has 0 saturated heterocycles. The first-order valence-electron chi connectivity index (χ1n) is 5.36. The van der Waals surface area contributed by atoms with Gasteiger partial charge in [0.15, 0.2) is 11.6 Å². The number of nitrogens with zero attached hydrogens (tertiary/aromatic N) is 1. The van der Waals surface area contributed by atoms with Gasteiger partial charge in [-0.2, -0.15) is 0 Å². The van der Waals surface area contributed by atoms with Crippen molar-refractivity contribution in [2.24, 2.45) is 10.8 Å². The van der Waals surface area contributed by atoms with Crippen LogP contribution >= 0.6 is 0 Å². The summed E-state index contributed by atoms with van der Waals surface area (Å²) in [6.07, 6.45) is 4.07. The van der Waals surface area contributed by atoms with Crippen LogP contribution in [0.1, 0.15) is 13.3 Å². The fraction of sp³-hybridized carbons (Fsp3) is 0.250. The van der Waals surface area contributed by atoms with E-state index in [1.807, 2.05) is 6.92 Å². The Morgan fingerprint density at radius 1 is 1.53 bits per heavy atom. The maximum absolute atomic E-state index is 13.3. The first-order valence-corrected chi connectivity index (χ1v) is 5.36. The van der Waals surface area contributed by atoms with Gasteiger partial charge >= 0.3 is 0 Å². The summed E-state index contributed by atoms with van der Waals surface area (Å²) in [5.74, 6) is 5.20. The Balaban J connectivity index is 2.74. The van der Waals surface area contributed by atoms with Gasteiger partial charge in [0.25, 0.3) is 0 Å². The molecule has 0 aliphatic heterocycles. The molecule has 0 aromatic heterocycles. The summed E-state index contributed by atoms with van der Waals surface area (Å²) < 4.78 is 18.7. The summed E-state index contributed by atoms with van der Waals surface area (Å²) >= 11 is 0. The first-order chi connectivity index (χ1) is 8.27. The van der Waals surface area contributed by atoms with E-state index < -0.39 is 5.82 Å². The molecule has 0 spiro atoms. The highest BCUT2D eigenvalue weighted by molar-refractivity contribution is 5.60. The summed E-state index contributed by atoms with van der Waals surface area (Å²) in [5.41, 5.74) is 2.43. The highest BCUT2D eigenvalue weighted by atomic mass is 19.1. The van der Waals surface area contributed by atoms with Crippen LogP contribution in [0.4, 0.5) is 4.39 Å². The number of hydrogen-bond donors (Lipinski definition) is 2. The minimum atomic E-state index is -0.415. The van der Waals surface area contributed by atoms with Crippen LogP contribution in [0, 0.1) is 5.82 Å². The summed E-state index contributed by atoms with van der Waals surface area (Å²) in [5, 5.41) is 0. The molecule has 0 atom stereocenters. The van der Waals surface area contributed by atoms with Crippen molar-refractivity contribution in [2.45, 2.75) is 13.3 Å². The molecule has 17 heavy (non-hydrogen) atoms. The molecular formula is C12H16FN3O. The van der Waals surface area contributed by atoms with Crippen LogP contribution < -0.4 is 16.0 Å². The smallest absolute Gasteiger partial charge is 0.215 e. The fourth-order valence-electron chi connectivity index (χ4n) is 1.12. The van der Waals surface area contributed by atoms with Crippen molar-refractivity contribution >= 4 is 6.21 Å². The van der Waals surface area contributed by atoms with Gasteiger partial charge in [-0.05, 0) is 24.6 Å². The van der Waals surface area contributed by atoms with Crippen molar-refractivity contribution in [1.82, 2.24) is 5.43 Å². The first kappa shape index (κ1) is 13.3. The number of allylic oxidation sites excluding steroid dienone is 1. The van der Waals surface area contributed by atoms with Crippen LogP contribution in [0.3, 0.4) is 0 Å². The van der Waals surface area contributed by atoms with Crippen molar-refractivity contribution in [3.63, 3.8) is 0 Å². The summed E-state index contributed by atoms with van der Waals surface area (Å²) in [4.78, 5) is 4.04. The Labute approximate surface area is 100.0 Å². The molecule has 0 bridgehead atoms. The van der Waals surface area contributed by atoms with E-state index in [-0.39, 0.29) is 5.75 Å². The average molecular weight is 237 g/mol. The summed E-state index contributed by atoms with van der Waals surface area (Å²) in [7, 11) is 0. The standard InChI is InChI=1S/C12H16FN3O/c1-2-5-12(15-8-9-16-14)17-11-7-4-3-6-10(11)13/h3-8,16H,2,9,14H2,1H3/b12-5+,15-8?. The maximum atomic E-state index is 13.3. The van der Waals surface area contributed by atoms with Crippen molar-refractivity contribution in [3.05, 3.63) is 42.0 Å². The number of nitrogens with two attached hydrogens (primary N) is 1. The van der Waals surface area contributed by atoms with Crippen LogP contribution in [0.15, 0.2) is 41.2 Å². The number of hydrogen-bond acceptors (Lipinski definition) is 4. The zero-order valence-electron chi connectivity index (χ0n) is 9.69. The lowest BCUT2D eigenvalue weighted by Crippen LogP contribution is -2.23. The van der Waals surface area contributed by atoms with Crippen molar-refractivity contribution in [1.29, 1.82) is 0 Å². The lowest BCUT2D eigenvalue weighted by atomic mass is 10.3. The number of aliphatic imine (C=N–C) groups is 1. The predicted octanol–water partition coefficient (Wildman–Crippen LogP) is 1.99. The Kier molecular flexibility index (Phi) is 5.92. The van der Waals surface area contributed by atoms with E-state index in [4.69, 9.17) is 10.6 Å². The molecule has 92 valence electrons. The molecule has 4 nitrogen and oxygen atoms in total. The Morgan fingerprint density at radius 3 is 2.94 bits per heavy atom. The molecule has 0 unspecified atom stereocenters. The minimum absolute atomic E-state index is 0.157. The third-order valence-electron chi connectivity index (χ3n) is 1.86. The second kappa shape index (κ2) is 7.54. The van der Waals surface area contributed by atoms with E-state index in [1.165, 1.54) is 6.07 Å². The Morgan fingerprint density at radius 2 is 2.29 bits per heavy atom. The van der Waals surface area contributed by atoms with E-state index in [9.17, 15) is 4.39 Å². The zero-order valence-corrected chi connectivity index (χ0v) is 9.69. The molecule has 1 rings (SSSR count). The van der Waals surface area contributed by atoms with Crippen molar-refractivity contribution in [2.75, 3.05) is 6.54 Å². The Bertz CT molecular complexity index is 404. The number of halogens is 1. The summed E-state index contributed by atoms with van der Waals surface area (Å²) in [6.45, 7) is 2.36. The SMILES string of the molecule is CC/C=C(\N=CCNN)Oc1ccccc1F. The maximum Gasteiger partial charge on any atom is 0.215 e. The van der Waals surface area contributed by atoms with Gasteiger partial charge in [0.05, 0.1) is 0 Å². The number of rotatable bonds is 6. The van der Waals surface area contributed by atoms with Gasteiger partial charge in [-0.15, -0.1) is 0 Å². The van der Waals surface area contributed by atoms with Crippen molar-refractivity contribution in [3.8, 4) is 5.75 Å². The van der Waals surface area contributed by atoms with Crippen LogP contribution in [0.5, 0.6) is 5.75 Å². The normalized spacial score (nSPS) is 12.1. The topological polar surface area (TPSA) is 59.6 Å². The molecule has 3 N–H and O–H groups in total. The zero-order chi connectivity index (χ0) is 12.5. The number of ether oxygens (including phenoxy) is 1. The van der Waals surface area contributed by atoms with Gasteiger partial charge < -0.3 is 4.74 Å². The highest BCUT2D eigenvalue weighted by Gasteiger charge is 2.03. The number of para-hydroxylation sites is 1. The Hall–Kier alpha value is -1.72. The molecule has 0 amide bonds. The molecule has 1 aromatic carbocycles. The third-order valence-corrected chi connectivity index (χ3v) is 1.86. The minimum Gasteiger partial charge on any atom is -0.436 e. The van der Waals surface area contributed by atoms with Crippen LogP contribution in [-0.2, 0) is 0 Å². The number of hydrazine groups is 1. The molecule has 1 aromatic rings. The van der Waals surface area contributed by atoms with E-state index in [1.54, 1.807) is 30.5 Å².